The third kappa shape index (κ3) is 1.02. The molecule has 1 saturated carbocycles. The van der Waals surface area contributed by atoms with Crippen molar-refractivity contribution < 1.29 is 18.7 Å². The Morgan fingerprint density at radius 1 is 1.17 bits per heavy atom. The van der Waals surface area contributed by atoms with Gasteiger partial charge in [-0.05, 0) is 19.3 Å². The van der Waals surface area contributed by atoms with Crippen molar-refractivity contribution >= 4 is 11.9 Å². The third-order valence-electron chi connectivity index (χ3n) is 2.59. The molecule has 3 nitrogen and oxygen atoms in total. The fraction of sp³-hybridized carbons (Fsp3) is 0.750. The lowest BCUT2D eigenvalue weighted by atomic mass is 9.80. The molecule has 3 atom stereocenters. The normalized spacial score (nSPS) is 40.9. The van der Waals surface area contributed by atoms with Gasteiger partial charge in [0.1, 0.15) is 6.17 Å². The topological polar surface area (TPSA) is 43.4 Å². The minimum absolute atomic E-state index is 0.162. The summed E-state index contributed by atoms with van der Waals surface area (Å²) in [6.07, 6.45) is 0.0551. The first-order valence-corrected chi connectivity index (χ1v) is 4.08. The molecule has 2 aliphatic rings. The monoisotopic (exact) mass is 172 g/mol. The zero-order valence-electron chi connectivity index (χ0n) is 6.46. The van der Waals surface area contributed by atoms with E-state index in [9.17, 15) is 14.0 Å². The van der Waals surface area contributed by atoms with E-state index in [-0.39, 0.29) is 12.3 Å². The van der Waals surface area contributed by atoms with Crippen LogP contribution in [-0.4, -0.2) is 18.1 Å². The summed E-state index contributed by atoms with van der Waals surface area (Å²) in [5.41, 5.74) is 0. The minimum Gasteiger partial charge on any atom is -0.393 e. The van der Waals surface area contributed by atoms with Crippen molar-refractivity contribution in [3.05, 3.63) is 0 Å². The number of alkyl halides is 1. The molecule has 0 aromatic heterocycles. The Hall–Kier alpha value is -0.930. The van der Waals surface area contributed by atoms with Crippen molar-refractivity contribution in [1.82, 2.24) is 0 Å². The molecule has 66 valence electrons. The summed E-state index contributed by atoms with van der Waals surface area (Å²) in [5.74, 6) is -1.85. The number of carbonyl (C=O) groups excluding carboxylic acids is 2. The second kappa shape index (κ2) is 2.54. The highest BCUT2D eigenvalue weighted by molar-refractivity contribution is 5.96. The second-order valence-electron chi connectivity index (χ2n) is 3.36. The van der Waals surface area contributed by atoms with Crippen molar-refractivity contribution in [2.75, 3.05) is 0 Å². The van der Waals surface area contributed by atoms with Gasteiger partial charge in [0.15, 0.2) is 0 Å². The fourth-order valence-corrected chi connectivity index (χ4v) is 1.91. The standard InChI is InChI=1S/C8H9FO3/c9-4-1-2-5-6(3-4)8(11)12-7(5)10/h4-6H,1-3H2. The lowest BCUT2D eigenvalue weighted by molar-refractivity contribution is -0.153. The molecule has 0 aromatic rings. The van der Waals surface area contributed by atoms with Gasteiger partial charge < -0.3 is 4.74 Å². The molecule has 0 spiro atoms. The summed E-state index contributed by atoms with van der Waals surface area (Å²) in [4.78, 5) is 21.9. The Morgan fingerprint density at radius 3 is 2.58 bits per heavy atom. The van der Waals surface area contributed by atoms with Crippen LogP contribution < -0.4 is 0 Å². The maximum absolute atomic E-state index is 12.8. The number of rotatable bonds is 0. The van der Waals surface area contributed by atoms with E-state index in [2.05, 4.69) is 4.74 Å². The van der Waals surface area contributed by atoms with E-state index in [0.717, 1.165) is 0 Å². The zero-order valence-corrected chi connectivity index (χ0v) is 6.46. The number of halogens is 1. The van der Waals surface area contributed by atoms with E-state index < -0.39 is 24.0 Å². The molecule has 0 aromatic carbocycles. The highest BCUT2D eigenvalue weighted by atomic mass is 19.1. The first kappa shape index (κ1) is 7.71. The van der Waals surface area contributed by atoms with Gasteiger partial charge in [0.2, 0.25) is 0 Å². The van der Waals surface area contributed by atoms with Crippen LogP contribution in [0.2, 0.25) is 0 Å². The molecule has 1 saturated heterocycles. The maximum atomic E-state index is 12.8. The van der Waals surface area contributed by atoms with E-state index in [0.29, 0.717) is 12.8 Å². The first-order valence-electron chi connectivity index (χ1n) is 4.08. The highest BCUT2D eigenvalue weighted by Gasteiger charge is 2.47. The van der Waals surface area contributed by atoms with Gasteiger partial charge in [-0.2, -0.15) is 0 Å². The van der Waals surface area contributed by atoms with Crippen molar-refractivity contribution in [2.24, 2.45) is 11.8 Å². The van der Waals surface area contributed by atoms with Gasteiger partial charge >= 0.3 is 11.9 Å². The summed E-state index contributed by atoms with van der Waals surface area (Å²) >= 11 is 0. The van der Waals surface area contributed by atoms with E-state index in [1.54, 1.807) is 0 Å². The lowest BCUT2D eigenvalue weighted by Crippen LogP contribution is -2.27. The van der Waals surface area contributed by atoms with E-state index in [1.165, 1.54) is 0 Å². The molecule has 0 amide bonds. The van der Waals surface area contributed by atoms with Gasteiger partial charge in [-0.3, -0.25) is 9.59 Å². The quantitative estimate of drug-likeness (QED) is 0.401. The minimum atomic E-state index is -0.940. The molecule has 1 aliphatic heterocycles. The number of hydrogen-bond donors (Lipinski definition) is 0. The number of fused-ring (bicyclic) bond motifs is 1. The molecule has 1 aliphatic carbocycles. The molecule has 2 rings (SSSR count). The van der Waals surface area contributed by atoms with Crippen LogP contribution in [-0.2, 0) is 14.3 Å². The number of esters is 2. The van der Waals surface area contributed by atoms with Crippen LogP contribution in [0.3, 0.4) is 0 Å². The Labute approximate surface area is 68.9 Å². The van der Waals surface area contributed by atoms with Crippen LogP contribution in [0.15, 0.2) is 0 Å². The van der Waals surface area contributed by atoms with E-state index in [1.807, 2.05) is 0 Å². The molecule has 2 fully saturated rings. The number of cyclic esters (lactones) is 2. The molecule has 1 heterocycles. The van der Waals surface area contributed by atoms with Gasteiger partial charge in [0.05, 0.1) is 11.8 Å². The molecule has 0 bridgehead atoms. The summed E-state index contributed by atoms with van der Waals surface area (Å²) in [6.45, 7) is 0. The Bertz CT molecular complexity index is 238. The van der Waals surface area contributed by atoms with E-state index in [4.69, 9.17) is 0 Å². The fourth-order valence-electron chi connectivity index (χ4n) is 1.91. The molecule has 4 heteroatoms. The maximum Gasteiger partial charge on any atom is 0.317 e. The van der Waals surface area contributed by atoms with Crippen LogP contribution in [0.25, 0.3) is 0 Å². The number of hydrogen-bond acceptors (Lipinski definition) is 3. The SMILES string of the molecule is O=C1OC(=O)C2CC(F)CCC12. The smallest absolute Gasteiger partial charge is 0.317 e. The predicted molar refractivity (Wildman–Crippen MR) is 36.8 cm³/mol. The van der Waals surface area contributed by atoms with Gasteiger partial charge in [-0.25, -0.2) is 4.39 Å². The van der Waals surface area contributed by atoms with E-state index >= 15 is 0 Å². The van der Waals surface area contributed by atoms with Crippen LogP contribution in [0.5, 0.6) is 0 Å². The molecule has 0 radical (unpaired) electrons. The Balaban J connectivity index is 2.17. The Morgan fingerprint density at radius 2 is 1.83 bits per heavy atom. The summed E-state index contributed by atoms with van der Waals surface area (Å²) in [6, 6.07) is 0. The highest BCUT2D eigenvalue weighted by Crippen LogP contribution is 2.37. The average Bonchev–Trinajstić information content (AvgIpc) is 2.28. The summed E-state index contributed by atoms with van der Waals surface area (Å²) in [5, 5.41) is 0. The number of carbonyl (C=O) groups is 2. The molecule has 0 N–H and O–H groups in total. The molecular weight excluding hydrogens is 163 g/mol. The molecule has 3 unspecified atom stereocenters. The summed E-state index contributed by atoms with van der Waals surface area (Å²) in [7, 11) is 0. The predicted octanol–water partition coefficient (Wildman–Crippen LogP) is 0.824. The van der Waals surface area contributed by atoms with Crippen molar-refractivity contribution in [2.45, 2.75) is 25.4 Å². The third-order valence-corrected chi connectivity index (χ3v) is 2.59. The van der Waals surface area contributed by atoms with Gasteiger partial charge in [-0.15, -0.1) is 0 Å². The van der Waals surface area contributed by atoms with Crippen LogP contribution >= 0.6 is 0 Å². The van der Waals surface area contributed by atoms with Crippen molar-refractivity contribution in [3.63, 3.8) is 0 Å². The van der Waals surface area contributed by atoms with Crippen LogP contribution in [0.4, 0.5) is 4.39 Å². The van der Waals surface area contributed by atoms with Gasteiger partial charge in [-0.1, -0.05) is 0 Å². The van der Waals surface area contributed by atoms with Crippen LogP contribution in [0, 0.1) is 11.8 Å². The molecular formula is C8H9FO3. The number of ether oxygens (including phenoxy) is 1. The van der Waals surface area contributed by atoms with Gasteiger partial charge in [0.25, 0.3) is 0 Å². The van der Waals surface area contributed by atoms with Gasteiger partial charge in [0, 0.05) is 0 Å². The Kier molecular flexibility index (Phi) is 1.63. The lowest BCUT2D eigenvalue weighted by Gasteiger charge is -2.21. The largest absolute Gasteiger partial charge is 0.393 e. The summed E-state index contributed by atoms with van der Waals surface area (Å²) < 4.78 is 17.2. The second-order valence-corrected chi connectivity index (χ2v) is 3.36. The zero-order chi connectivity index (χ0) is 8.72. The average molecular weight is 172 g/mol. The first-order chi connectivity index (χ1) is 5.68. The van der Waals surface area contributed by atoms with Crippen molar-refractivity contribution in [3.8, 4) is 0 Å². The van der Waals surface area contributed by atoms with Crippen molar-refractivity contribution in [1.29, 1.82) is 0 Å². The molecule has 12 heavy (non-hydrogen) atoms. The van der Waals surface area contributed by atoms with Crippen LogP contribution in [0.1, 0.15) is 19.3 Å².